The molecular weight excluding hydrogens is 350 g/mol. The standard InChI is InChI=1S/C17H15BrClNO/c1-10-13(3-2-4-14(10)18)17(19)12-5-7-15-11(9-12)6-8-16(21)20-15/h2-5,7,9,17H,6,8H2,1H3,(H,20,21). The lowest BCUT2D eigenvalue weighted by Crippen LogP contribution is -2.19. The molecule has 0 radical (unpaired) electrons. The number of benzene rings is 2. The average Bonchev–Trinajstić information content (AvgIpc) is 2.49. The molecule has 0 spiro atoms. The van der Waals surface area contributed by atoms with Gasteiger partial charge in [0.05, 0.1) is 5.38 Å². The molecule has 1 amide bonds. The number of halogens is 2. The van der Waals surface area contributed by atoms with E-state index in [1.807, 2.05) is 24.3 Å². The summed E-state index contributed by atoms with van der Waals surface area (Å²) < 4.78 is 1.07. The van der Waals surface area contributed by atoms with E-state index in [1.54, 1.807) is 0 Å². The number of hydrogen-bond acceptors (Lipinski definition) is 1. The number of hydrogen-bond donors (Lipinski definition) is 1. The maximum atomic E-state index is 11.4. The maximum Gasteiger partial charge on any atom is 0.224 e. The molecule has 21 heavy (non-hydrogen) atoms. The summed E-state index contributed by atoms with van der Waals surface area (Å²) in [6.45, 7) is 2.06. The Hall–Kier alpha value is -1.32. The van der Waals surface area contributed by atoms with Crippen LogP contribution in [0.1, 0.15) is 34.1 Å². The molecule has 1 unspecified atom stereocenters. The Morgan fingerprint density at radius 2 is 2.05 bits per heavy atom. The molecule has 3 rings (SSSR count). The van der Waals surface area contributed by atoms with E-state index in [9.17, 15) is 4.79 Å². The molecule has 0 aliphatic carbocycles. The van der Waals surface area contributed by atoms with Crippen LogP contribution in [0.3, 0.4) is 0 Å². The first kappa shape index (κ1) is 14.6. The second-order valence-electron chi connectivity index (χ2n) is 5.28. The lowest BCUT2D eigenvalue weighted by Gasteiger charge is -2.20. The number of carbonyl (C=O) groups is 1. The van der Waals surface area contributed by atoms with Crippen molar-refractivity contribution in [1.82, 2.24) is 0 Å². The van der Waals surface area contributed by atoms with Crippen molar-refractivity contribution in [3.8, 4) is 0 Å². The van der Waals surface area contributed by atoms with Gasteiger partial charge in [-0.15, -0.1) is 11.6 Å². The Bertz CT molecular complexity index is 714. The molecule has 1 aliphatic heterocycles. The van der Waals surface area contributed by atoms with Crippen molar-refractivity contribution in [3.63, 3.8) is 0 Å². The molecule has 1 heterocycles. The highest BCUT2D eigenvalue weighted by Crippen LogP contribution is 2.36. The van der Waals surface area contributed by atoms with Crippen LogP contribution < -0.4 is 5.32 Å². The lowest BCUT2D eigenvalue weighted by atomic mass is 9.95. The van der Waals surface area contributed by atoms with E-state index in [1.165, 1.54) is 0 Å². The van der Waals surface area contributed by atoms with Gasteiger partial charge in [0.1, 0.15) is 0 Å². The quantitative estimate of drug-likeness (QED) is 0.749. The number of rotatable bonds is 2. The Morgan fingerprint density at radius 3 is 2.86 bits per heavy atom. The molecule has 108 valence electrons. The first-order valence-corrected chi connectivity index (χ1v) is 8.11. The zero-order valence-corrected chi connectivity index (χ0v) is 14.0. The number of anilines is 1. The van der Waals surface area contributed by atoms with Crippen LogP contribution in [0, 0.1) is 6.92 Å². The van der Waals surface area contributed by atoms with Gasteiger partial charge in [0.2, 0.25) is 5.91 Å². The predicted molar refractivity (Wildman–Crippen MR) is 90.0 cm³/mol. The monoisotopic (exact) mass is 363 g/mol. The summed E-state index contributed by atoms with van der Waals surface area (Å²) in [7, 11) is 0. The second kappa shape index (κ2) is 5.82. The normalized spacial score (nSPS) is 15.3. The second-order valence-corrected chi connectivity index (χ2v) is 6.57. The highest BCUT2D eigenvalue weighted by atomic mass is 79.9. The third-order valence-electron chi connectivity index (χ3n) is 3.90. The molecule has 0 saturated heterocycles. The van der Waals surface area contributed by atoms with E-state index in [-0.39, 0.29) is 11.3 Å². The van der Waals surface area contributed by atoms with E-state index >= 15 is 0 Å². The third-order valence-corrected chi connectivity index (χ3v) is 5.25. The van der Waals surface area contributed by atoms with Crippen molar-refractivity contribution in [3.05, 3.63) is 63.1 Å². The zero-order valence-electron chi connectivity index (χ0n) is 11.6. The van der Waals surface area contributed by atoms with Crippen LogP contribution in [0.2, 0.25) is 0 Å². The molecule has 0 aromatic heterocycles. The van der Waals surface area contributed by atoms with Crippen molar-refractivity contribution in [2.75, 3.05) is 5.32 Å². The van der Waals surface area contributed by atoms with Gasteiger partial charge in [0, 0.05) is 16.6 Å². The number of fused-ring (bicyclic) bond motifs is 1. The molecule has 1 N–H and O–H groups in total. The summed E-state index contributed by atoms with van der Waals surface area (Å²) in [4.78, 5) is 11.4. The Labute approximate surface area is 137 Å². The molecule has 2 aromatic rings. The highest BCUT2D eigenvalue weighted by Gasteiger charge is 2.19. The van der Waals surface area contributed by atoms with Gasteiger partial charge in [-0.1, -0.05) is 40.2 Å². The maximum absolute atomic E-state index is 11.4. The summed E-state index contributed by atoms with van der Waals surface area (Å²) in [5.74, 6) is 0.0838. The summed E-state index contributed by atoms with van der Waals surface area (Å²) in [6.07, 6.45) is 1.31. The number of amides is 1. The van der Waals surface area contributed by atoms with Crippen LogP contribution in [-0.2, 0) is 11.2 Å². The lowest BCUT2D eigenvalue weighted by molar-refractivity contribution is -0.116. The number of nitrogens with one attached hydrogen (secondary N) is 1. The summed E-state index contributed by atoms with van der Waals surface area (Å²) in [5, 5.41) is 2.71. The fourth-order valence-corrected chi connectivity index (χ4v) is 3.39. The first-order chi connectivity index (χ1) is 10.1. The molecule has 2 nitrogen and oxygen atoms in total. The van der Waals surface area contributed by atoms with E-state index in [2.05, 4.69) is 40.3 Å². The van der Waals surface area contributed by atoms with E-state index in [0.29, 0.717) is 6.42 Å². The van der Waals surface area contributed by atoms with Crippen molar-refractivity contribution in [1.29, 1.82) is 0 Å². The van der Waals surface area contributed by atoms with E-state index in [0.717, 1.165) is 38.8 Å². The molecular formula is C17H15BrClNO. The minimum absolute atomic E-state index is 0.0838. The fourth-order valence-electron chi connectivity index (χ4n) is 2.64. The fraction of sp³-hybridized carbons (Fsp3) is 0.235. The smallest absolute Gasteiger partial charge is 0.224 e. The van der Waals surface area contributed by atoms with Gasteiger partial charge < -0.3 is 5.32 Å². The van der Waals surface area contributed by atoms with Gasteiger partial charge >= 0.3 is 0 Å². The van der Waals surface area contributed by atoms with Crippen molar-refractivity contribution >= 4 is 39.1 Å². The van der Waals surface area contributed by atoms with E-state index < -0.39 is 0 Å². The van der Waals surface area contributed by atoms with Crippen LogP contribution in [0.25, 0.3) is 0 Å². The Morgan fingerprint density at radius 1 is 1.24 bits per heavy atom. The van der Waals surface area contributed by atoms with Gasteiger partial charge in [-0.05, 0) is 47.7 Å². The number of carbonyl (C=O) groups excluding carboxylic acids is 1. The Balaban J connectivity index is 1.97. The van der Waals surface area contributed by atoms with Crippen molar-refractivity contribution < 1.29 is 4.79 Å². The van der Waals surface area contributed by atoms with Crippen LogP contribution in [0.5, 0.6) is 0 Å². The van der Waals surface area contributed by atoms with Crippen LogP contribution >= 0.6 is 27.5 Å². The molecule has 1 atom stereocenters. The van der Waals surface area contributed by atoms with Gasteiger partial charge in [-0.25, -0.2) is 0 Å². The Kier molecular flexibility index (Phi) is 4.05. The zero-order chi connectivity index (χ0) is 15.0. The minimum Gasteiger partial charge on any atom is -0.326 e. The largest absolute Gasteiger partial charge is 0.326 e. The summed E-state index contributed by atoms with van der Waals surface area (Å²) >= 11 is 10.2. The highest BCUT2D eigenvalue weighted by molar-refractivity contribution is 9.10. The molecule has 2 aromatic carbocycles. The van der Waals surface area contributed by atoms with Crippen LogP contribution in [-0.4, -0.2) is 5.91 Å². The first-order valence-electron chi connectivity index (χ1n) is 6.88. The van der Waals surface area contributed by atoms with Crippen LogP contribution in [0.4, 0.5) is 5.69 Å². The number of alkyl halides is 1. The summed E-state index contributed by atoms with van der Waals surface area (Å²) in [6, 6.07) is 12.1. The average molecular weight is 365 g/mol. The van der Waals surface area contributed by atoms with E-state index in [4.69, 9.17) is 11.6 Å². The van der Waals surface area contributed by atoms with Crippen molar-refractivity contribution in [2.45, 2.75) is 25.1 Å². The predicted octanol–water partition coefficient (Wildman–Crippen LogP) is 4.97. The van der Waals surface area contributed by atoms with Gasteiger partial charge in [-0.3, -0.25) is 4.79 Å². The van der Waals surface area contributed by atoms with Crippen molar-refractivity contribution in [2.24, 2.45) is 0 Å². The summed E-state index contributed by atoms with van der Waals surface area (Å²) in [5.41, 5.74) is 5.39. The van der Waals surface area contributed by atoms with Gasteiger partial charge in [0.15, 0.2) is 0 Å². The van der Waals surface area contributed by atoms with Gasteiger partial charge in [-0.2, -0.15) is 0 Å². The SMILES string of the molecule is Cc1c(Br)cccc1C(Cl)c1ccc2c(c1)CCC(=O)N2. The third kappa shape index (κ3) is 2.85. The van der Waals surface area contributed by atoms with Gasteiger partial charge in [0.25, 0.3) is 0 Å². The molecule has 0 saturated carbocycles. The topological polar surface area (TPSA) is 29.1 Å². The molecule has 4 heteroatoms. The van der Waals surface area contributed by atoms with Crippen LogP contribution in [0.15, 0.2) is 40.9 Å². The molecule has 0 fully saturated rings. The minimum atomic E-state index is -0.189. The molecule has 1 aliphatic rings. The number of aryl methyl sites for hydroxylation is 1. The molecule has 0 bridgehead atoms.